The van der Waals surface area contributed by atoms with Gasteiger partial charge in [0.25, 0.3) is 5.69 Å². The lowest BCUT2D eigenvalue weighted by molar-refractivity contribution is -0.385. The van der Waals surface area contributed by atoms with Crippen LogP contribution in [-0.4, -0.2) is 17.4 Å². The number of amides is 1. The van der Waals surface area contributed by atoms with E-state index in [9.17, 15) is 14.9 Å². The molecule has 1 amide bonds. The van der Waals surface area contributed by atoms with E-state index in [0.717, 1.165) is 5.69 Å². The van der Waals surface area contributed by atoms with Crippen LogP contribution in [0.2, 0.25) is 0 Å². The molecule has 0 bridgehead atoms. The Bertz CT molecular complexity index is 488. The number of hydrogen-bond donors (Lipinski definition) is 2. The van der Waals surface area contributed by atoms with Crippen LogP contribution in [0.3, 0.4) is 0 Å². The fourth-order valence-corrected chi connectivity index (χ4v) is 1.89. The molecule has 0 saturated carbocycles. The quantitative estimate of drug-likeness (QED) is 0.476. The third kappa shape index (κ3) is 3.56. The number of primary amides is 1. The topological polar surface area (TPSA) is 98.3 Å². The fraction of sp³-hybridized carbons (Fsp3) is 0.364. The van der Waals surface area contributed by atoms with Crippen molar-refractivity contribution >= 4 is 39.9 Å². The molecule has 0 fully saturated rings. The highest BCUT2D eigenvalue weighted by Gasteiger charge is 2.24. The monoisotopic (exact) mass is 363 g/mol. The second-order valence-corrected chi connectivity index (χ2v) is 5.69. The number of nitrogens with zero attached hydrogens (tertiary/aromatic N) is 1. The number of nitro groups is 1. The van der Waals surface area contributed by atoms with Gasteiger partial charge in [0.2, 0.25) is 5.91 Å². The molecule has 1 rings (SSSR count). The molecule has 0 heterocycles. The van der Waals surface area contributed by atoms with Crippen molar-refractivity contribution in [1.29, 1.82) is 0 Å². The first-order chi connectivity index (χ1) is 8.24. The summed E-state index contributed by atoms with van der Waals surface area (Å²) in [4.78, 5) is 21.4. The Kier molecular flexibility index (Phi) is 4.49. The molecule has 6 nitrogen and oxygen atoms in total. The van der Waals surface area contributed by atoms with Crippen molar-refractivity contribution in [1.82, 2.24) is 0 Å². The first-order valence-electron chi connectivity index (χ1n) is 5.22. The van der Waals surface area contributed by atoms with Crippen LogP contribution in [0.1, 0.15) is 13.8 Å². The molecule has 0 atom stereocenters. The van der Waals surface area contributed by atoms with E-state index in [1.807, 2.05) is 22.6 Å². The lowest BCUT2D eigenvalue weighted by atomic mass is 9.93. The minimum absolute atomic E-state index is 0.0651. The maximum atomic E-state index is 11.1. The molecule has 7 heteroatoms. The normalized spacial score (nSPS) is 11.1. The Morgan fingerprint density at radius 1 is 1.56 bits per heavy atom. The Hall–Kier alpha value is -1.38. The summed E-state index contributed by atoms with van der Waals surface area (Å²) >= 11 is 1.90. The molecular formula is C11H14IN3O3. The molecule has 0 aliphatic carbocycles. The molecule has 18 heavy (non-hydrogen) atoms. The van der Waals surface area contributed by atoms with Gasteiger partial charge < -0.3 is 11.1 Å². The lowest BCUT2D eigenvalue weighted by Crippen LogP contribution is -2.37. The molecule has 0 aliphatic heterocycles. The summed E-state index contributed by atoms with van der Waals surface area (Å²) in [6, 6.07) is 4.70. The third-order valence-corrected chi connectivity index (χ3v) is 3.41. The number of rotatable bonds is 5. The number of carbonyl (C=O) groups is 1. The number of halogens is 1. The van der Waals surface area contributed by atoms with Crippen molar-refractivity contribution in [2.24, 2.45) is 11.1 Å². The van der Waals surface area contributed by atoms with Crippen LogP contribution in [0.25, 0.3) is 0 Å². The zero-order valence-corrected chi connectivity index (χ0v) is 12.2. The van der Waals surface area contributed by atoms with Crippen molar-refractivity contribution in [2.45, 2.75) is 13.8 Å². The molecule has 98 valence electrons. The lowest BCUT2D eigenvalue weighted by Gasteiger charge is -2.21. The van der Waals surface area contributed by atoms with Crippen LogP contribution in [0.15, 0.2) is 18.2 Å². The summed E-state index contributed by atoms with van der Waals surface area (Å²) in [7, 11) is 0. The molecule has 1 aromatic carbocycles. The van der Waals surface area contributed by atoms with Gasteiger partial charge in [0.05, 0.1) is 13.9 Å². The summed E-state index contributed by atoms with van der Waals surface area (Å²) < 4.78 is 0.541. The van der Waals surface area contributed by atoms with E-state index in [0.29, 0.717) is 10.1 Å². The fourth-order valence-electron chi connectivity index (χ4n) is 1.18. The van der Waals surface area contributed by atoms with E-state index >= 15 is 0 Å². The Labute approximate surface area is 118 Å². The van der Waals surface area contributed by atoms with Crippen molar-refractivity contribution in [2.75, 3.05) is 11.9 Å². The highest BCUT2D eigenvalue weighted by atomic mass is 127. The summed E-state index contributed by atoms with van der Waals surface area (Å²) in [5.41, 5.74) is 5.37. The van der Waals surface area contributed by atoms with Gasteiger partial charge in [-0.2, -0.15) is 0 Å². The van der Waals surface area contributed by atoms with E-state index in [2.05, 4.69) is 5.32 Å². The van der Waals surface area contributed by atoms with Gasteiger partial charge in [0.15, 0.2) is 0 Å². The van der Waals surface area contributed by atoms with Gasteiger partial charge in [-0.05, 0) is 48.6 Å². The van der Waals surface area contributed by atoms with Gasteiger partial charge in [0, 0.05) is 18.3 Å². The smallest absolute Gasteiger partial charge is 0.282 e. The van der Waals surface area contributed by atoms with Crippen LogP contribution < -0.4 is 11.1 Å². The number of nitro benzene ring substituents is 1. The first kappa shape index (κ1) is 14.7. The van der Waals surface area contributed by atoms with Crippen LogP contribution in [0.5, 0.6) is 0 Å². The van der Waals surface area contributed by atoms with E-state index in [-0.39, 0.29) is 5.69 Å². The van der Waals surface area contributed by atoms with Gasteiger partial charge in [0.1, 0.15) is 0 Å². The van der Waals surface area contributed by atoms with Crippen LogP contribution in [-0.2, 0) is 4.79 Å². The average Bonchev–Trinajstić information content (AvgIpc) is 2.25. The molecule has 0 saturated heterocycles. The zero-order valence-electron chi connectivity index (χ0n) is 10.1. The van der Waals surface area contributed by atoms with Gasteiger partial charge >= 0.3 is 0 Å². The molecule has 0 unspecified atom stereocenters. The molecule has 1 aromatic rings. The molecule has 0 radical (unpaired) electrons. The van der Waals surface area contributed by atoms with Crippen LogP contribution >= 0.6 is 22.6 Å². The standard InChI is InChI=1S/C11H14IN3O3/c1-11(2,10(13)16)6-14-7-3-4-9(15(17)18)8(12)5-7/h3-5,14H,6H2,1-2H3,(H2,13,16). The SMILES string of the molecule is CC(C)(CNc1ccc([N+](=O)[O-])c(I)c1)C(N)=O. The van der Waals surface area contributed by atoms with Crippen molar-refractivity contribution in [3.63, 3.8) is 0 Å². The summed E-state index contributed by atoms with van der Waals surface area (Å²) in [6.45, 7) is 3.84. The molecule has 0 spiro atoms. The Balaban J connectivity index is 2.79. The highest BCUT2D eigenvalue weighted by molar-refractivity contribution is 14.1. The highest BCUT2D eigenvalue weighted by Crippen LogP contribution is 2.25. The predicted molar refractivity (Wildman–Crippen MR) is 77.3 cm³/mol. The maximum absolute atomic E-state index is 11.1. The van der Waals surface area contributed by atoms with Crippen molar-refractivity contribution in [3.05, 3.63) is 31.9 Å². The number of benzene rings is 1. The number of anilines is 1. The third-order valence-electron chi connectivity index (χ3n) is 2.55. The van der Waals surface area contributed by atoms with Gasteiger partial charge in [-0.3, -0.25) is 14.9 Å². The second kappa shape index (κ2) is 5.51. The summed E-state index contributed by atoms with van der Waals surface area (Å²) in [5, 5.41) is 13.7. The molecular weight excluding hydrogens is 349 g/mol. The first-order valence-corrected chi connectivity index (χ1v) is 6.29. The Morgan fingerprint density at radius 3 is 2.61 bits per heavy atom. The average molecular weight is 363 g/mol. The number of hydrogen-bond acceptors (Lipinski definition) is 4. The van der Waals surface area contributed by atoms with E-state index in [1.54, 1.807) is 26.0 Å². The number of nitrogens with two attached hydrogens (primary N) is 1. The van der Waals surface area contributed by atoms with Gasteiger partial charge in [-0.15, -0.1) is 0 Å². The maximum Gasteiger partial charge on any atom is 0.282 e. The molecule has 0 aromatic heterocycles. The largest absolute Gasteiger partial charge is 0.384 e. The second-order valence-electron chi connectivity index (χ2n) is 4.52. The number of carbonyl (C=O) groups excluding carboxylic acids is 1. The van der Waals surface area contributed by atoms with E-state index < -0.39 is 16.2 Å². The molecule has 3 N–H and O–H groups in total. The zero-order chi connectivity index (χ0) is 13.9. The number of nitrogens with one attached hydrogen (secondary N) is 1. The van der Waals surface area contributed by atoms with Gasteiger partial charge in [-0.25, -0.2) is 0 Å². The minimum atomic E-state index is -0.673. The minimum Gasteiger partial charge on any atom is -0.384 e. The van der Waals surface area contributed by atoms with Crippen molar-refractivity contribution < 1.29 is 9.72 Å². The van der Waals surface area contributed by atoms with E-state index in [1.165, 1.54) is 6.07 Å². The van der Waals surface area contributed by atoms with Crippen LogP contribution in [0, 0.1) is 19.1 Å². The van der Waals surface area contributed by atoms with Gasteiger partial charge in [-0.1, -0.05) is 0 Å². The Morgan fingerprint density at radius 2 is 2.17 bits per heavy atom. The molecule has 0 aliphatic rings. The van der Waals surface area contributed by atoms with Crippen molar-refractivity contribution in [3.8, 4) is 0 Å². The summed E-state index contributed by atoms with van der Waals surface area (Å²) in [6.07, 6.45) is 0. The van der Waals surface area contributed by atoms with Crippen LogP contribution in [0.4, 0.5) is 11.4 Å². The summed E-state index contributed by atoms with van der Waals surface area (Å²) in [5.74, 6) is -0.397. The predicted octanol–water partition coefficient (Wildman–Crippen LogP) is 2.12. The van der Waals surface area contributed by atoms with E-state index in [4.69, 9.17) is 5.73 Å².